The zero-order valence-corrected chi connectivity index (χ0v) is 49.3. The molecule has 0 saturated carbocycles. The lowest BCUT2D eigenvalue weighted by Crippen LogP contribution is -2.26. The number of aliphatic hydroxyl groups is 1. The minimum absolute atomic E-state index is 0. The molecule has 0 aromatic heterocycles. The molecule has 2 aliphatic carbocycles. The third kappa shape index (κ3) is 17.8. The highest BCUT2D eigenvalue weighted by atomic mass is 32.8. The lowest BCUT2D eigenvalue weighted by atomic mass is 9.91. The highest BCUT2D eigenvalue weighted by molar-refractivity contribution is 8.07. The van der Waals surface area contributed by atoms with Crippen molar-refractivity contribution in [3.05, 3.63) is 141 Å². The van der Waals surface area contributed by atoms with Crippen LogP contribution in [-0.2, 0) is 67.4 Å². The van der Waals surface area contributed by atoms with Crippen molar-refractivity contribution in [2.24, 2.45) is 0 Å². The molecule has 5 aliphatic rings. The number of aryl methyl sites for hydroxylation is 2. The van der Waals surface area contributed by atoms with Crippen LogP contribution in [0.15, 0.2) is 128 Å². The van der Waals surface area contributed by atoms with Crippen LogP contribution in [0.3, 0.4) is 0 Å². The number of halogens is 1. The van der Waals surface area contributed by atoms with Gasteiger partial charge in [-0.3, -0.25) is 33.2 Å². The number of alkyl halides is 1. The van der Waals surface area contributed by atoms with E-state index in [1.165, 1.54) is 55.6 Å². The van der Waals surface area contributed by atoms with Crippen LogP contribution < -0.4 is 29.4 Å². The molecule has 4 unspecified atom stereocenters. The van der Waals surface area contributed by atoms with Gasteiger partial charge in [0.25, 0.3) is 0 Å². The second-order valence-electron chi connectivity index (χ2n) is 17.3. The lowest BCUT2D eigenvalue weighted by Gasteiger charge is -2.21. The van der Waals surface area contributed by atoms with Crippen LogP contribution in [0.1, 0.15) is 33.3 Å². The van der Waals surface area contributed by atoms with Crippen molar-refractivity contribution >= 4 is 83.4 Å². The largest absolute Gasteiger partial charge is 0.536 e. The molecule has 0 bridgehead atoms. The standard InChI is InChI=1S/C27H30O18P4.C21H17O7P.CH3F.CH4.S2/c1-15-10-18(38-3)5-8-20(15)27-21-7-4-17(28)12-24(21)41-25-13-19(6-9-22(25)27)42-47(32,33)44-49(36,37)45-48(34,35)43-46(30,31)39-14-26-23(29)11-16(2)40-26;1-12-9-14(26-2)4-7-16(12)21-17-6-3-13(22)10-19(17)27-20-11-15(5-8-18(20)21)28-29(23,24)25;1-2;;1-2/h4-10,12-13,16,23,26,29H,11,14H2,1-3H3,(H,30,31)(H,32,33)(H,34,35)(H,36,37);3-11H,1-2H3,(H2,23,24,25);1H3;1H4;/t16-,23+,26+;;;;/m0..../s1/i;;1D;;. The molecule has 33 heteroatoms. The SMILES string of the molecule is C.COc1ccc(-c2c3ccc(=O)cc-3oc3cc(OP(=O)(O)O)ccc23)c(C)c1.COc1ccc(-c2c3ccc(=O)cc-3oc3cc(OP(=O)(O)OP(=O)(O)OP(=O)(O)OP(=O)(O)OC[C@H]4O[C@@H](C)C[C@H]4O)ccc23)c(C)c1.S=S.[2H]CF. The van der Waals surface area contributed by atoms with Gasteiger partial charge in [0.15, 0.2) is 10.9 Å². The first kappa shape index (κ1) is 66.6. The van der Waals surface area contributed by atoms with E-state index in [1.54, 1.807) is 50.4 Å². The van der Waals surface area contributed by atoms with Crippen LogP contribution in [0.4, 0.5) is 4.39 Å². The Labute approximate surface area is 483 Å². The molecule has 0 amide bonds. The minimum atomic E-state index is -6.06. The molecule has 448 valence electrons. The van der Waals surface area contributed by atoms with Gasteiger partial charge in [-0.1, -0.05) is 19.6 Å². The van der Waals surface area contributed by atoms with Gasteiger partial charge >= 0.3 is 39.1 Å². The fourth-order valence-corrected chi connectivity index (χ4v) is 13.8. The van der Waals surface area contributed by atoms with Gasteiger partial charge in [-0.2, -0.15) is 12.9 Å². The number of aliphatic hydroxyl groups excluding tert-OH is 1. The molecule has 4 aromatic rings. The predicted octanol–water partition coefficient (Wildman–Crippen LogP) is 10.8. The summed E-state index contributed by atoms with van der Waals surface area (Å²) in [7, 11) is -25.8. The van der Waals surface area contributed by atoms with Crippen LogP contribution in [0.5, 0.6) is 23.0 Å². The Hall–Kier alpha value is -5.50. The van der Waals surface area contributed by atoms with Crippen LogP contribution in [0.25, 0.3) is 66.8 Å². The first-order chi connectivity index (χ1) is 38.9. The number of benzene rings is 6. The van der Waals surface area contributed by atoms with E-state index in [0.29, 0.717) is 39.0 Å². The Bertz CT molecular complexity index is 3960. The third-order valence-corrected chi connectivity index (χ3v) is 17.9. The second-order valence-corrected chi connectivity index (χ2v) is 24.6. The number of phosphoric acid groups is 5. The minimum Gasteiger partial charge on any atom is -0.497 e. The number of hydrogen-bond donors (Lipinski definition) is 7. The average molecular weight is 1290 g/mol. The third-order valence-electron chi connectivity index (χ3n) is 11.6. The maximum atomic E-state index is 12.7. The highest BCUT2D eigenvalue weighted by Crippen LogP contribution is 2.71. The van der Waals surface area contributed by atoms with Crippen molar-refractivity contribution in [1.29, 1.82) is 0 Å². The Kier molecular flexibility index (Phi) is 22.6. The maximum Gasteiger partial charge on any atom is 0.536 e. The van der Waals surface area contributed by atoms with E-state index in [4.69, 9.17) is 38.7 Å². The number of phosphoric ester groups is 3. The zero-order valence-electron chi connectivity index (χ0n) is 44.2. The molecule has 0 radical (unpaired) electrons. The maximum absolute atomic E-state index is 12.7. The molecule has 1 fully saturated rings. The molecule has 3 heterocycles. The number of rotatable bonds is 17. The van der Waals surface area contributed by atoms with Crippen molar-refractivity contribution < 1.29 is 113 Å². The first-order valence-corrected chi connectivity index (χ1v) is 32.0. The first-order valence-electron chi connectivity index (χ1n) is 23.8. The van der Waals surface area contributed by atoms with Crippen molar-refractivity contribution in [2.75, 3.05) is 28.0 Å². The molecule has 25 nitrogen and oxygen atoms in total. The Morgan fingerprint density at radius 3 is 1.39 bits per heavy atom. The second kappa shape index (κ2) is 28.1. The van der Waals surface area contributed by atoms with Gasteiger partial charge in [-0.25, -0.2) is 22.8 Å². The summed E-state index contributed by atoms with van der Waals surface area (Å²) in [6.07, 6.45) is -2.41. The fraction of sp³-hybridized carbons (Fsp3) is 0.240. The average Bonchev–Trinajstić information content (AvgIpc) is 1.09. The van der Waals surface area contributed by atoms with E-state index in [-0.39, 0.29) is 41.8 Å². The smallest absolute Gasteiger partial charge is 0.497 e. The normalized spacial score (nSPS) is 17.9. The van der Waals surface area contributed by atoms with Crippen molar-refractivity contribution in [3.8, 4) is 67.9 Å². The number of hydrogen-bond acceptors (Lipinski definition) is 21. The Balaban J connectivity index is 0.000000313. The van der Waals surface area contributed by atoms with E-state index in [0.717, 1.165) is 45.2 Å². The lowest BCUT2D eigenvalue weighted by molar-refractivity contribution is -0.0167. The van der Waals surface area contributed by atoms with Crippen molar-refractivity contribution in [1.82, 2.24) is 0 Å². The molecule has 83 heavy (non-hydrogen) atoms. The molecule has 7 N–H and O–H groups in total. The van der Waals surface area contributed by atoms with E-state index < -0.39 is 76.9 Å². The zero-order chi connectivity index (χ0) is 61.4. The van der Waals surface area contributed by atoms with Gasteiger partial charge in [0.05, 0.1) is 41.6 Å². The summed E-state index contributed by atoms with van der Waals surface area (Å²) in [5, 5.41) is 11.0. The van der Waals surface area contributed by atoms with Gasteiger partial charge in [0, 0.05) is 86.1 Å². The molecule has 4 aromatic carbocycles. The summed E-state index contributed by atoms with van der Waals surface area (Å²) >= 11 is 7.33. The quantitative estimate of drug-likeness (QED) is 0.0329. The summed E-state index contributed by atoms with van der Waals surface area (Å²) in [6, 6.07) is 28.0. The van der Waals surface area contributed by atoms with E-state index in [1.807, 2.05) is 32.0 Å². The monoisotopic (exact) mass is 1290 g/mol. The summed E-state index contributed by atoms with van der Waals surface area (Å²) in [5.41, 5.74) is 6.00. The summed E-state index contributed by atoms with van der Waals surface area (Å²) in [4.78, 5) is 81.9. The van der Waals surface area contributed by atoms with Crippen LogP contribution in [0.2, 0.25) is 0 Å². The van der Waals surface area contributed by atoms with Crippen LogP contribution in [0, 0.1) is 13.8 Å². The number of ether oxygens (including phenoxy) is 3. The molecular formula is C50H54FO25P5S2. The Morgan fingerprint density at radius 1 is 0.590 bits per heavy atom. The van der Waals surface area contributed by atoms with Crippen LogP contribution in [-0.4, -0.2) is 80.8 Å². The van der Waals surface area contributed by atoms with E-state index in [2.05, 4.69) is 44.4 Å². The van der Waals surface area contributed by atoms with Crippen LogP contribution >= 0.6 is 39.1 Å². The highest BCUT2D eigenvalue weighted by Gasteiger charge is 2.47. The van der Waals surface area contributed by atoms with Crippen molar-refractivity contribution in [3.63, 3.8) is 0 Å². The number of fused-ring (bicyclic) bond motifs is 4. The molecule has 7 atom stereocenters. The summed E-state index contributed by atoms with van der Waals surface area (Å²) in [6.45, 7) is 4.62. The summed E-state index contributed by atoms with van der Waals surface area (Å²) < 4.78 is 130. The molecule has 1 saturated heterocycles. The molecule has 3 aliphatic heterocycles. The molecule has 9 rings (SSSR count). The van der Waals surface area contributed by atoms with Gasteiger partial charge < -0.3 is 51.9 Å². The molecule has 0 spiro atoms. The van der Waals surface area contributed by atoms with Gasteiger partial charge in [-0.15, -0.1) is 0 Å². The van der Waals surface area contributed by atoms with E-state index in [9.17, 15) is 61.5 Å². The van der Waals surface area contributed by atoms with E-state index >= 15 is 0 Å². The Morgan fingerprint density at radius 2 is 0.988 bits per heavy atom. The topological polar surface area (TPSA) is 370 Å². The van der Waals surface area contributed by atoms with Gasteiger partial charge in [-0.05, 0) is 116 Å². The summed E-state index contributed by atoms with van der Waals surface area (Å²) in [5.74, 6) is 1.35. The van der Waals surface area contributed by atoms with Gasteiger partial charge in [0.2, 0.25) is 0 Å². The van der Waals surface area contributed by atoms with Gasteiger partial charge in [0.1, 0.15) is 51.8 Å². The predicted molar refractivity (Wildman–Crippen MR) is 307 cm³/mol. The van der Waals surface area contributed by atoms with Crippen molar-refractivity contribution in [2.45, 2.75) is 52.9 Å². The number of methoxy groups -OCH3 is 2. The molecular weight excluding hydrogens is 1240 g/mol. The fourth-order valence-electron chi connectivity index (χ4n) is 8.47.